The van der Waals surface area contributed by atoms with Crippen LogP contribution in [0.2, 0.25) is 0 Å². The molecular weight excluding hydrogens is 1400 g/mol. The highest BCUT2D eigenvalue weighted by molar-refractivity contribution is 7.47. The highest BCUT2D eigenvalue weighted by Gasteiger charge is 2.30. The van der Waals surface area contributed by atoms with Crippen LogP contribution in [0.3, 0.4) is 0 Å². The van der Waals surface area contributed by atoms with Crippen LogP contribution in [0.25, 0.3) is 0 Å². The molecule has 0 aliphatic heterocycles. The molecule has 604 valence electrons. The first-order valence-corrected chi connectivity index (χ1v) is 42.6. The second kappa shape index (κ2) is 78.2. The highest BCUT2D eigenvalue weighted by atomic mass is 31.2. The summed E-state index contributed by atoms with van der Waals surface area (Å²) in [5.74, 6) is -2.52. The molecule has 0 aliphatic carbocycles. The molecule has 17 nitrogen and oxygen atoms in total. The van der Waals surface area contributed by atoms with Crippen LogP contribution in [-0.4, -0.2) is 96.7 Å². The molecule has 19 heteroatoms. The molecule has 0 heterocycles. The van der Waals surface area contributed by atoms with Crippen LogP contribution in [0.1, 0.15) is 246 Å². The zero-order valence-corrected chi connectivity index (χ0v) is 67.7. The van der Waals surface area contributed by atoms with E-state index >= 15 is 0 Å². The fraction of sp³-hybridized carbons (Fsp3) is 0.528. The molecule has 0 saturated heterocycles. The molecule has 0 saturated carbocycles. The van der Waals surface area contributed by atoms with Crippen LogP contribution in [-0.2, 0) is 65.4 Å². The van der Waals surface area contributed by atoms with Gasteiger partial charge in [0.2, 0.25) is 0 Å². The lowest BCUT2D eigenvalue weighted by atomic mass is 10.1. The van der Waals surface area contributed by atoms with Crippen molar-refractivity contribution in [3.05, 3.63) is 231 Å². The molecule has 0 amide bonds. The molecule has 5 unspecified atom stereocenters. The van der Waals surface area contributed by atoms with Crippen molar-refractivity contribution in [3.8, 4) is 0 Å². The van der Waals surface area contributed by atoms with Crippen molar-refractivity contribution in [2.45, 2.75) is 264 Å². The van der Waals surface area contributed by atoms with Gasteiger partial charge in [-0.15, -0.1) is 0 Å². The molecule has 5 atom stereocenters. The number of hydrogen-bond acceptors (Lipinski definition) is 15. The Morgan fingerprint density at radius 1 is 0.269 bits per heavy atom. The second-order valence-corrected chi connectivity index (χ2v) is 28.0. The molecule has 0 fully saturated rings. The molecule has 0 bridgehead atoms. The van der Waals surface area contributed by atoms with Crippen molar-refractivity contribution >= 4 is 39.5 Å². The third-order valence-electron chi connectivity index (χ3n) is 15.2. The van der Waals surface area contributed by atoms with Crippen LogP contribution in [0.5, 0.6) is 0 Å². The summed E-state index contributed by atoms with van der Waals surface area (Å²) in [6, 6.07) is 0. The van der Waals surface area contributed by atoms with E-state index in [2.05, 4.69) is 210 Å². The van der Waals surface area contributed by atoms with Gasteiger partial charge in [0.1, 0.15) is 19.3 Å². The minimum Gasteiger partial charge on any atom is -0.462 e. The number of carbonyl (C=O) groups excluding carboxylic acids is 4. The van der Waals surface area contributed by atoms with E-state index in [1.807, 2.05) is 42.5 Å². The highest BCUT2D eigenvalue weighted by Crippen LogP contribution is 2.45. The van der Waals surface area contributed by atoms with Crippen molar-refractivity contribution < 1.29 is 80.2 Å². The fourth-order valence-electron chi connectivity index (χ4n) is 9.30. The smallest absolute Gasteiger partial charge is 0.462 e. The number of phosphoric ester groups is 2. The number of aliphatic hydroxyl groups is 1. The van der Waals surface area contributed by atoms with E-state index in [1.54, 1.807) is 6.08 Å². The summed E-state index contributed by atoms with van der Waals surface area (Å²) in [5.41, 5.74) is 0. The van der Waals surface area contributed by atoms with Gasteiger partial charge in [-0.3, -0.25) is 37.3 Å². The average Bonchev–Trinajstić information content (AvgIpc) is 0.896. The van der Waals surface area contributed by atoms with Crippen molar-refractivity contribution in [3.63, 3.8) is 0 Å². The van der Waals surface area contributed by atoms with Crippen molar-refractivity contribution in [2.24, 2.45) is 0 Å². The zero-order chi connectivity index (χ0) is 78.9. The minimum atomic E-state index is -5.03. The van der Waals surface area contributed by atoms with E-state index in [9.17, 15) is 43.2 Å². The summed E-state index contributed by atoms with van der Waals surface area (Å²) in [6.07, 6.45) is 101. The first kappa shape index (κ1) is 101. The third-order valence-corrected chi connectivity index (χ3v) is 17.1. The van der Waals surface area contributed by atoms with Gasteiger partial charge in [0, 0.05) is 19.3 Å². The van der Waals surface area contributed by atoms with E-state index in [4.69, 9.17) is 37.0 Å². The van der Waals surface area contributed by atoms with Gasteiger partial charge in [-0.25, -0.2) is 9.13 Å². The summed E-state index contributed by atoms with van der Waals surface area (Å²) < 4.78 is 68.3. The molecule has 0 rings (SSSR count). The number of rotatable bonds is 71. The number of allylic oxidation sites excluding steroid dienone is 37. The Morgan fingerprint density at radius 3 is 0.833 bits per heavy atom. The Labute approximate surface area is 651 Å². The number of hydrogen-bond donors (Lipinski definition) is 3. The van der Waals surface area contributed by atoms with Crippen LogP contribution in [0.15, 0.2) is 231 Å². The Hall–Kier alpha value is -6.88. The summed E-state index contributed by atoms with van der Waals surface area (Å²) in [7, 11) is -10.1. The number of carbonyl (C=O) groups is 4. The molecule has 0 aromatic heterocycles. The lowest BCUT2D eigenvalue weighted by Gasteiger charge is -2.21. The normalized spacial score (nSPS) is 15.1. The van der Waals surface area contributed by atoms with Gasteiger partial charge >= 0.3 is 39.5 Å². The van der Waals surface area contributed by atoms with Gasteiger partial charge in [0.25, 0.3) is 0 Å². The monoisotopic (exact) mass is 1540 g/mol. The van der Waals surface area contributed by atoms with Crippen LogP contribution >= 0.6 is 15.6 Å². The van der Waals surface area contributed by atoms with Crippen LogP contribution in [0, 0.1) is 0 Å². The summed E-state index contributed by atoms with van der Waals surface area (Å²) in [5, 5.41) is 10.6. The second-order valence-electron chi connectivity index (χ2n) is 25.1. The summed E-state index contributed by atoms with van der Waals surface area (Å²) >= 11 is 0. The Bertz CT molecular complexity index is 2960. The lowest BCUT2D eigenvalue weighted by Crippen LogP contribution is -2.30. The van der Waals surface area contributed by atoms with Crippen molar-refractivity contribution in [2.75, 3.05) is 39.6 Å². The standard InChI is InChI=1S/C89H136O17P2/c1-5-9-13-17-21-25-29-33-37-39-41-43-47-50-54-58-62-66-70-74-87(92)100-80-85(106-89(94)76-72-68-64-60-56-52-48-44-42-40-38-34-30-26-22-18-14-10-6-2)82-104-108(97,98)102-78-83(90)77-101-107(95,96)103-81-84(105-88(93)75-71-67-63-59-55-51-46-36-32-28-24-20-16-12-8-4)79-99-86(91)73-69-65-61-57-53-49-45-35-31-27-23-19-15-11-7-3/h9-16,21-28,33-38,41-46,50,53-55,57,59,62,65-66,69,83-85,90H,5-8,17-20,29-32,39-40,47-49,51-52,56,58,60-61,63-64,67-68,70-82H2,1-4H3,(H,95,96)(H,97,98)/b13-9-,14-10-,15-11-,16-12-,25-21-,26-22-,27-23-,28-24-,37-33-,38-34-,43-41-,44-42-,45-35-,46-36-,54-50-,57-53-,59-55-,66-62-,69-65-. The maximum Gasteiger partial charge on any atom is 0.472 e. The molecule has 3 N–H and O–H groups in total. The van der Waals surface area contributed by atoms with E-state index < -0.39 is 97.5 Å². The van der Waals surface area contributed by atoms with E-state index in [-0.39, 0.29) is 25.7 Å². The van der Waals surface area contributed by atoms with Gasteiger partial charge in [-0.1, -0.05) is 284 Å². The maximum atomic E-state index is 13.1. The predicted octanol–water partition coefficient (Wildman–Crippen LogP) is 23.4. The molecule has 0 aromatic carbocycles. The SMILES string of the molecule is CC/C=C\C/C=C\C/C=C\C/C=C\C/C=C\C/C=C\CCC(=O)OCC(COP(=O)(O)OCC(O)COP(=O)(O)OCC(COC(=O)C/C=C\C/C=C\C/C=C\C/C=C\C/C=C\CC)OC(=O)CCCC/C=C\C/C=C\C/C=C\C/C=C\CC)OC(=O)CCCCCCCC/C=C\C/C=C\C/C=C\C/C=C\CC. The molecule has 0 aromatic rings. The maximum absolute atomic E-state index is 13.1. The van der Waals surface area contributed by atoms with Crippen molar-refractivity contribution in [1.82, 2.24) is 0 Å². The van der Waals surface area contributed by atoms with E-state index in [1.165, 1.54) is 0 Å². The Morgan fingerprint density at radius 2 is 0.509 bits per heavy atom. The van der Waals surface area contributed by atoms with Gasteiger partial charge in [-0.2, -0.15) is 0 Å². The van der Waals surface area contributed by atoms with Crippen molar-refractivity contribution in [1.29, 1.82) is 0 Å². The Kier molecular flexibility index (Phi) is 73.3. The number of ether oxygens (including phenoxy) is 4. The van der Waals surface area contributed by atoms with Crippen LogP contribution in [0.4, 0.5) is 0 Å². The Balaban J connectivity index is 5.58. The minimum absolute atomic E-state index is 0.0110. The molecular formula is C89H136O17P2. The number of esters is 4. The topological polar surface area (TPSA) is 237 Å². The first-order chi connectivity index (χ1) is 52.7. The summed E-state index contributed by atoms with van der Waals surface area (Å²) in [6.45, 7) is 4.10. The molecule has 0 spiro atoms. The van der Waals surface area contributed by atoms with Gasteiger partial charge in [0.05, 0.1) is 32.8 Å². The fourth-order valence-corrected chi connectivity index (χ4v) is 10.9. The molecule has 0 aliphatic rings. The largest absolute Gasteiger partial charge is 0.472 e. The predicted molar refractivity (Wildman–Crippen MR) is 444 cm³/mol. The summed E-state index contributed by atoms with van der Waals surface area (Å²) in [4.78, 5) is 73.0. The zero-order valence-electron chi connectivity index (χ0n) is 65.9. The van der Waals surface area contributed by atoms with E-state index in [0.717, 1.165) is 154 Å². The lowest BCUT2D eigenvalue weighted by molar-refractivity contribution is -0.161. The average molecular weight is 1540 g/mol. The quantitative estimate of drug-likeness (QED) is 0.0169. The first-order valence-electron chi connectivity index (χ1n) is 39.6. The van der Waals surface area contributed by atoms with Gasteiger partial charge < -0.3 is 33.8 Å². The third kappa shape index (κ3) is 77.3. The number of phosphoric acid groups is 2. The van der Waals surface area contributed by atoms with Gasteiger partial charge in [0.15, 0.2) is 12.2 Å². The van der Waals surface area contributed by atoms with E-state index in [0.29, 0.717) is 38.5 Å². The van der Waals surface area contributed by atoms with Crippen LogP contribution < -0.4 is 0 Å². The molecule has 0 radical (unpaired) electrons. The van der Waals surface area contributed by atoms with Gasteiger partial charge in [-0.05, 0) is 167 Å². The number of aliphatic hydroxyl groups excluding tert-OH is 1. The molecule has 108 heavy (non-hydrogen) atoms. The number of unbranched alkanes of at least 4 members (excludes halogenated alkanes) is 8.